The molecule has 0 spiro atoms. The van der Waals surface area contributed by atoms with Gasteiger partial charge in [-0.2, -0.15) is 0 Å². The molecule has 19 heteroatoms. The largest absolute Gasteiger partial charge is 0.472 e. The minimum absolute atomic E-state index is 0.0565. The highest BCUT2D eigenvalue weighted by molar-refractivity contribution is 7.47. The predicted octanol–water partition coefficient (Wildman–Crippen LogP) is 23.9. The molecule has 0 radical (unpaired) electrons. The number of hydrogen-bond acceptors (Lipinski definition) is 15. The maximum absolute atomic E-state index is 13.1. The van der Waals surface area contributed by atoms with Crippen LogP contribution in [0.3, 0.4) is 0 Å². The van der Waals surface area contributed by atoms with Gasteiger partial charge >= 0.3 is 39.5 Å². The topological polar surface area (TPSA) is 237 Å². The number of ether oxygens (including phenoxy) is 4. The van der Waals surface area contributed by atoms with Crippen molar-refractivity contribution in [1.82, 2.24) is 0 Å². The normalized spacial score (nSPS) is 14.5. The monoisotopic (exact) mass is 1500 g/mol. The maximum Gasteiger partial charge on any atom is 0.472 e. The van der Waals surface area contributed by atoms with Crippen LogP contribution in [0.15, 0.2) is 122 Å². The van der Waals surface area contributed by atoms with E-state index in [0.717, 1.165) is 154 Å². The first-order chi connectivity index (χ1) is 50.7. The van der Waals surface area contributed by atoms with Gasteiger partial charge in [0.05, 0.1) is 26.4 Å². The van der Waals surface area contributed by atoms with Crippen LogP contribution in [-0.2, 0) is 65.4 Å². The number of aliphatic hydroxyl groups is 1. The molecule has 598 valence electrons. The zero-order valence-corrected chi connectivity index (χ0v) is 67.2. The Bertz CT molecular complexity index is 2440. The van der Waals surface area contributed by atoms with Gasteiger partial charge in [0.25, 0.3) is 0 Å². The SMILES string of the molecule is CCCCCC=CCC=CCC=CCCCCCCC(=O)OC(COC(=O)CCCC=CCC=CCC=CCCCCCCCC)COP(=O)(O)OCC(O)COP(=O)(O)OCC(COC(=O)CCCCCCCC=CCC=CCCCCC)OC(=O)CCCCCCCC=CCC=CCCCCC. The number of carbonyl (C=O) groups is 4. The van der Waals surface area contributed by atoms with Crippen molar-refractivity contribution in [1.29, 1.82) is 0 Å². The number of allylic oxidation sites excluding steroid dienone is 20. The van der Waals surface area contributed by atoms with E-state index in [2.05, 4.69) is 137 Å². The van der Waals surface area contributed by atoms with Crippen LogP contribution in [0, 0.1) is 0 Å². The van der Waals surface area contributed by atoms with Crippen LogP contribution in [0.2, 0.25) is 0 Å². The van der Waals surface area contributed by atoms with E-state index in [4.69, 9.17) is 37.0 Å². The summed E-state index contributed by atoms with van der Waals surface area (Å²) in [6, 6.07) is 0. The molecule has 3 N–H and O–H groups in total. The van der Waals surface area contributed by atoms with Crippen molar-refractivity contribution in [3.8, 4) is 0 Å². The molecule has 0 bridgehead atoms. The van der Waals surface area contributed by atoms with Crippen LogP contribution in [0.25, 0.3) is 0 Å². The van der Waals surface area contributed by atoms with Gasteiger partial charge in [0, 0.05) is 25.7 Å². The average Bonchev–Trinajstić information content (AvgIpc) is 1.04. The third-order valence-corrected chi connectivity index (χ3v) is 18.8. The first-order valence-electron chi connectivity index (χ1n) is 40.8. The van der Waals surface area contributed by atoms with E-state index in [9.17, 15) is 43.2 Å². The second-order valence-corrected chi connectivity index (χ2v) is 29.9. The van der Waals surface area contributed by atoms with Crippen LogP contribution in [0.5, 0.6) is 0 Å². The molecular weight excluding hydrogens is 1350 g/mol. The number of aliphatic hydroxyl groups excluding tert-OH is 1. The number of carbonyl (C=O) groups excluding carboxylic acids is 4. The van der Waals surface area contributed by atoms with E-state index in [1.807, 2.05) is 12.2 Å². The molecule has 0 amide bonds. The van der Waals surface area contributed by atoms with E-state index in [1.54, 1.807) is 0 Å². The van der Waals surface area contributed by atoms with Crippen LogP contribution in [-0.4, -0.2) is 96.7 Å². The van der Waals surface area contributed by atoms with Gasteiger partial charge in [0.15, 0.2) is 12.2 Å². The zero-order valence-electron chi connectivity index (χ0n) is 65.4. The zero-order chi connectivity index (χ0) is 76.0. The van der Waals surface area contributed by atoms with Crippen molar-refractivity contribution in [2.45, 2.75) is 354 Å². The van der Waals surface area contributed by atoms with Crippen molar-refractivity contribution in [2.24, 2.45) is 0 Å². The molecule has 0 aromatic rings. The average molecular weight is 1500 g/mol. The third kappa shape index (κ3) is 75.7. The molecule has 0 aromatic heterocycles. The molecule has 0 saturated heterocycles. The fraction of sp³-hybridized carbons (Fsp3) is 0.718. The summed E-state index contributed by atoms with van der Waals surface area (Å²) in [5, 5.41) is 10.6. The number of phosphoric ester groups is 2. The van der Waals surface area contributed by atoms with Crippen molar-refractivity contribution in [3.05, 3.63) is 122 Å². The van der Waals surface area contributed by atoms with Crippen molar-refractivity contribution >= 4 is 39.5 Å². The molecule has 0 aliphatic rings. The summed E-state index contributed by atoms with van der Waals surface area (Å²) < 4.78 is 68.6. The summed E-state index contributed by atoms with van der Waals surface area (Å²) in [5.74, 6) is -2.29. The van der Waals surface area contributed by atoms with Crippen LogP contribution in [0.4, 0.5) is 0 Å². The Morgan fingerprint density at radius 1 is 0.269 bits per heavy atom. The Labute approximate surface area is 632 Å². The first-order valence-corrected chi connectivity index (χ1v) is 43.8. The van der Waals surface area contributed by atoms with E-state index in [-0.39, 0.29) is 25.7 Å². The molecule has 0 fully saturated rings. The number of esters is 4. The molecule has 5 unspecified atom stereocenters. The van der Waals surface area contributed by atoms with E-state index >= 15 is 0 Å². The molecule has 0 aliphatic heterocycles. The van der Waals surface area contributed by atoms with Crippen LogP contribution >= 0.6 is 15.6 Å². The molecule has 104 heavy (non-hydrogen) atoms. The molecule has 17 nitrogen and oxygen atoms in total. The lowest BCUT2D eigenvalue weighted by Crippen LogP contribution is -2.30. The van der Waals surface area contributed by atoms with Gasteiger partial charge in [-0.15, -0.1) is 0 Å². The Hall–Kier alpha value is -4.54. The van der Waals surface area contributed by atoms with E-state index in [0.29, 0.717) is 32.1 Å². The highest BCUT2D eigenvalue weighted by Gasteiger charge is 2.30. The Kier molecular flexibility index (Phi) is 73.3. The molecular formula is C85H146O17P2. The van der Waals surface area contributed by atoms with Crippen molar-refractivity contribution < 1.29 is 80.2 Å². The van der Waals surface area contributed by atoms with E-state index < -0.39 is 97.5 Å². The van der Waals surface area contributed by atoms with Gasteiger partial charge in [0.2, 0.25) is 0 Å². The quantitative estimate of drug-likeness (QED) is 0.0169. The summed E-state index contributed by atoms with van der Waals surface area (Å²) in [6.07, 6.45) is 84.6. The lowest BCUT2D eigenvalue weighted by molar-refractivity contribution is -0.161. The Balaban J connectivity index is 5.46. The number of unbranched alkanes of at least 4 members (excludes halogenated alkanes) is 30. The minimum atomic E-state index is -5.00. The number of hydrogen-bond donors (Lipinski definition) is 3. The summed E-state index contributed by atoms with van der Waals surface area (Å²) in [4.78, 5) is 73.0. The van der Waals surface area contributed by atoms with Gasteiger partial charge in [-0.25, -0.2) is 9.13 Å². The predicted molar refractivity (Wildman–Crippen MR) is 427 cm³/mol. The molecule has 0 aliphatic carbocycles. The minimum Gasteiger partial charge on any atom is -0.462 e. The maximum atomic E-state index is 13.1. The lowest BCUT2D eigenvalue weighted by atomic mass is 10.1. The number of rotatable bonds is 76. The summed E-state index contributed by atoms with van der Waals surface area (Å²) in [5.41, 5.74) is 0. The molecule has 0 aromatic carbocycles. The molecule has 5 atom stereocenters. The molecule has 0 saturated carbocycles. The van der Waals surface area contributed by atoms with Crippen LogP contribution in [0.1, 0.15) is 336 Å². The Morgan fingerprint density at radius 3 is 0.779 bits per heavy atom. The second-order valence-electron chi connectivity index (χ2n) is 27.0. The third-order valence-electron chi connectivity index (χ3n) is 16.9. The molecule has 0 heterocycles. The smallest absolute Gasteiger partial charge is 0.462 e. The van der Waals surface area contributed by atoms with Gasteiger partial charge in [-0.1, -0.05) is 271 Å². The summed E-state index contributed by atoms with van der Waals surface area (Å²) in [7, 11) is -9.99. The van der Waals surface area contributed by atoms with Gasteiger partial charge in [0.1, 0.15) is 19.3 Å². The first kappa shape index (κ1) is 99.5. The van der Waals surface area contributed by atoms with Crippen LogP contribution < -0.4 is 0 Å². The van der Waals surface area contributed by atoms with Gasteiger partial charge < -0.3 is 33.8 Å². The van der Waals surface area contributed by atoms with Gasteiger partial charge in [-0.05, 0) is 161 Å². The van der Waals surface area contributed by atoms with Crippen molar-refractivity contribution in [2.75, 3.05) is 39.6 Å². The summed E-state index contributed by atoms with van der Waals surface area (Å²) >= 11 is 0. The van der Waals surface area contributed by atoms with Gasteiger partial charge in [-0.3, -0.25) is 37.3 Å². The van der Waals surface area contributed by atoms with E-state index in [1.165, 1.54) is 96.3 Å². The number of phosphoric acid groups is 2. The second kappa shape index (κ2) is 76.6. The lowest BCUT2D eigenvalue weighted by Gasteiger charge is -2.21. The standard InChI is InChI=1S/C85H146O17P2/c1-5-9-13-17-21-25-29-33-37-39-43-46-50-54-58-62-66-70-83(88)96-76-81(102-85(90)72-68-64-60-56-52-48-44-40-38-34-30-26-22-18-14-10-6-2)78-100-104(93,94)98-74-79(86)73-97-103(91,92)99-77-80(101-84(89)71-67-63-59-55-51-47-42-36-32-28-24-20-16-12-8-4)75-95-82(87)69-65-61-57-53-49-45-41-35-31-27-23-19-15-11-7-3/h22-24,26-28,33-38,41-44,46,48,54,58,79-81,86H,5-21,25,29-32,39-40,45,47,49-53,55-57,59-78H2,1-4H3,(H,91,92)(H,93,94). The van der Waals surface area contributed by atoms with Crippen molar-refractivity contribution in [3.63, 3.8) is 0 Å². The summed E-state index contributed by atoms with van der Waals surface area (Å²) in [6.45, 7) is 4.70. The molecule has 0 rings (SSSR count). The Morgan fingerprint density at radius 2 is 0.481 bits per heavy atom. The highest BCUT2D eigenvalue weighted by Crippen LogP contribution is 2.45. The fourth-order valence-corrected chi connectivity index (χ4v) is 12.2. The fourth-order valence-electron chi connectivity index (χ4n) is 10.6. The highest BCUT2D eigenvalue weighted by atomic mass is 31.2.